The standard InChI is InChI=1S/C13H27N3O/c1-4-11-7-6-10(3)16(11)12(9-14)8-13(17)15-5-2/h10-12H,4-9,14H2,1-3H3,(H,15,17). The van der Waals surface area contributed by atoms with Gasteiger partial charge >= 0.3 is 0 Å². The van der Waals surface area contributed by atoms with Crippen LogP contribution in [0.25, 0.3) is 0 Å². The first kappa shape index (κ1) is 14.5. The highest BCUT2D eigenvalue weighted by Gasteiger charge is 2.34. The highest BCUT2D eigenvalue weighted by atomic mass is 16.1. The smallest absolute Gasteiger partial charge is 0.221 e. The van der Waals surface area contributed by atoms with Crippen molar-refractivity contribution in [3.05, 3.63) is 0 Å². The fraction of sp³-hybridized carbons (Fsp3) is 0.923. The van der Waals surface area contributed by atoms with E-state index in [4.69, 9.17) is 5.73 Å². The lowest BCUT2D eigenvalue weighted by molar-refractivity contribution is -0.122. The minimum atomic E-state index is 0.122. The highest BCUT2D eigenvalue weighted by molar-refractivity contribution is 5.76. The minimum absolute atomic E-state index is 0.122. The third-order valence-corrected chi connectivity index (χ3v) is 3.81. The summed E-state index contributed by atoms with van der Waals surface area (Å²) >= 11 is 0. The molecule has 1 heterocycles. The Kier molecular flexibility index (Phi) is 5.92. The van der Waals surface area contributed by atoms with E-state index in [0.29, 0.717) is 31.6 Å². The number of carbonyl (C=O) groups excluding carboxylic acids is 1. The van der Waals surface area contributed by atoms with E-state index in [1.54, 1.807) is 0 Å². The molecule has 0 aromatic rings. The van der Waals surface area contributed by atoms with E-state index in [9.17, 15) is 4.79 Å². The van der Waals surface area contributed by atoms with Gasteiger partial charge in [0.15, 0.2) is 0 Å². The summed E-state index contributed by atoms with van der Waals surface area (Å²) in [6.45, 7) is 7.68. The third kappa shape index (κ3) is 3.68. The zero-order valence-corrected chi connectivity index (χ0v) is 11.4. The Bertz CT molecular complexity index is 245. The lowest BCUT2D eigenvalue weighted by atomic mass is 10.1. The lowest BCUT2D eigenvalue weighted by Crippen LogP contribution is -2.48. The first-order chi connectivity index (χ1) is 8.13. The van der Waals surface area contributed by atoms with Crippen molar-refractivity contribution in [2.45, 2.75) is 64.6 Å². The molecule has 0 bridgehead atoms. The monoisotopic (exact) mass is 241 g/mol. The van der Waals surface area contributed by atoms with Gasteiger partial charge in [-0.05, 0) is 33.1 Å². The molecule has 17 heavy (non-hydrogen) atoms. The molecule has 4 heteroatoms. The predicted molar refractivity (Wildman–Crippen MR) is 70.8 cm³/mol. The zero-order chi connectivity index (χ0) is 12.8. The molecule has 1 aliphatic rings. The van der Waals surface area contributed by atoms with Crippen molar-refractivity contribution in [3.8, 4) is 0 Å². The number of hydrogen-bond acceptors (Lipinski definition) is 3. The lowest BCUT2D eigenvalue weighted by Gasteiger charge is -2.35. The second-order valence-electron chi connectivity index (χ2n) is 4.98. The molecule has 0 aliphatic carbocycles. The Morgan fingerprint density at radius 3 is 2.71 bits per heavy atom. The normalized spacial score (nSPS) is 27.1. The third-order valence-electron chi connectivity index (χ3n) is 3.81. The fourth-order valence-electron chi connectivity index (χ4n) is 2.96. The first-order valence-corrected chi connectivity index (χ1v) is 6.88. The molecule has 3 N–H and O–H groups in total. The number of nitrogens with zero attached hydrogens (tertiary/aromatic N) is 1. The van der Waals surface area contributed by atoms with Crippen LogP contribution in [0.2, 0.25) is 0 Å². The summed E-state index contributed by atoms with van der Waals surface area (Å²) in [5.41, 5.74) is 5.85. The van der Waals surface area contributed by atoms with Gasteiger partial charge in [0, 0.05) is 37.6 Å². The molecule has 3 atom stereocenters. The summed E-state index contributed by atoms with van der Waals surface area (Å²) < 4.78 is 0. The largest absolute Gasteiger partial charge is 0.356 e. The number of carbonyl (C=O) groups is 1. The van der Waals surface area contributed by atoms with Gasteiger partial charge in [-0.1, -0.05) is 6.92 Å². The van der Waals surface area contributed by atoms with E-state index in [2.05, 4.69) is 24.1 Å². The van der Waals surface area contributed by atoms with Crippen molar-refractivity contribution in [2.24, 2.45) is 5.73 Å². The van der Waals surface area contributed by atoms with E-state index < -0.39 is 0 Å². The second-order valence-corrected chi connectivity index (χ2v) is 4.98. The number of rotatable bonds is 6. The van der Waals surface area contributed by atoms with Crippen LogP contribution in [0.15, 0.2) is 0 Å². The number of nitrogens with two attached hydrogens (primary N) is 1. The molecule has 0 radical (unpaired) electrons. The Morgan fingerprint density at radius 2 is 2.18 bits per heavy atom. The summed E-state index contributed by atoms with van der Waals surface area (Å²) in [4.78, 5) is 14.1. The Hall–Kier alpha value is -0.610. The maximum Gasteiger partial charge on any atom is 0.221 e. The summed E-state index contributed by atoms with van der Waals surface area (Å²) in [6, 6.07) is 1.36. The molecular formula is C13H27N3O. The van der Waals surface area contributed by atoms with Crippen LogP contribution in [0.5, 0.6) is 0 Å². The average molecular weight is 241 g/mol. The molecule has 0 saturated carbocycles. The molecule has 1 saturated heterocycles. The molecule has 1 amide bonds. The van der Waals surface area contributed by atoms with Crippen molar-refractivity contribution in [2.75, 3.05) is 13.1 Å². The van der Waals surface area contributed by atoms with Gasteiger partial charge in [0.05, 0.1) is 0 Å². The van der Waals surface area contributed by atoms with Crippen molar-refractivity contribution in [3.63, 3.8) is 0 Å². The van der Waals surface area contributed by atoms with E-state index >= 15 is 0 Å². The Balaban J connectivity index is 2.61. The Labute approximate surface area is 105 Å². The molecule has 0 aromatic carbocycles. The molecule has 1 fully saturated rings. The van der Waals surface area contributed by atoms with Crippen LogP contribution in [0.3, 0.4) is 0 Å². The van der Waals surface area contributed by atoms with E-state index in [1.165, 1.54) is 12.8 Å². The van der Waals surface area contributed by atoms with Gasteiger partial charge < -0.3 is 11.1 Å². The second kappa shape index (κ2) is 6.97. The van der Waals surface area contributed by atoms with E-state index in [-0.39, 0.29) is 11.9 Å². The van der Waals surface area contributed by atoms with Crippen molar-refractivity contribution in [1.82, 2.24) is 10.2 Å². The van der Waals surface area contributed by atoms with Gasteiger partial charge in [0.25, 0.3) is 0 Å². The SMILES string of the molecule is CCNC(=O)CC(CN)N1C(C)CCC1CC. The van der Waals surface area contributed by atoms with Crippen LogP contribution in [0.1, 0.15) is 46.5 Å². The molecule has 3 unspecified atom stereocenters. The Morgan fingerprint density at radius 1 is 1.47 bits per heavy atom. The van der Waals surface area contributed by atoms with Crippen LogP contribution < -0.4 is 11.1 Å². The van der Waals surface area contributed by atoms with Crippen LogP contribution in [-0.2, 0) is 4.79 Å². The molecule has 1 rings (SSSR count). The van der Waals surface area contributed by atoms with E-state index in [1.807, 2.05) is 6.92 Å². The van der Waals surface area contributed by atoms with Gasteiger partial charge in [-0.15, -0.1) is 0 Å². The highest BCUT2D eigenvalue weighted by Crippen LogP contribution is 2.28. The number of hydrogen-bond donors (Lipinski definition) is 2. The summed E-state index contributed by atoms with van der Waals surface area (Å²) in [7, 11) is 0. The fourth-order valence-corrected chi connectivity index (χ4v) is 2.96. The van der Waals surface area contributed by atoms with Crippen molar-refractivity contribution in [1.29, 1.82) is 0 Å². The zero-order valence-electron chi connectivity index (χ0n) is 11.4. The quantitative estimate of drug-likeness (QED) is 0.732. The maximum absolute atomic E-state index is 11.7. The summed E-state index contributed by atoms with van der Waals surface area (Å²) in [6.07, 6.45) is 4.15. The summed E-state index contributed by atoms with van der Waals surface area (Å²) in [5.74, 6) is 0.122. The predicted octanol–water partition coefficient (Wildman–Crippen LogP) is 1.10. The van der Waals surface area contributed by atoms with Gasteiger partial charge in [0.2, 0.25) is 5.91 Å². The molecule has 0 spiro atoms. The number of nitrogens with one attached hydrogen (secondary N) is 1. The topological polar surface area (TPSA) is 58.4 Å². The number of likely N-dealkylation sites (tertiary alicyclic amines) is 1. The first-order valence-electron chi connectivity index (χ1n) is 6.88. The molecule has 100 valence electrons. The van der Waals surface area contributed by atoms with Crippen LogP contribution in [0.4, 0.5) is 0 Å². The van der Waals surface area contributed by atoms with Gasteiger partial charge in [-0.25, -0.2) is 0 Å². The van der Waals surface area contributed by atoms with Gasteiger partial charge in [-0.2, -0.15) is 0 Å². The molecule has 4 nitrogen and oxygen atoms in total. The van der Waals surface area contributed by atoms with Crippen LogP contribution in [0, 0.1) is 0 Å². The van der Waals surface area contributed by atoms with Crippen molar-refractivity contribution < 1.29 is 4.79 Å². The van der Waals surface area contributed by atoms with Crippen LogP contribution >= 0.6 is 0 Å². The molecular weight excluding hydrogens is 214 g/mol. The maximum atomic E-state index is 11.7. The average Bonchev–Trinajstić information content (AvgIpc) is 2.68. The molecule has 0 aromatic heterocycles. The van der Waals surface area contributed by atoms with Crippen LogP contribution in [-0.4, -0.2) is 42.0 Å². The van der Waals surface area contributed by atoms with Crippen molar-refractivity contribution >= 4 is 5.91 Å². The minimum Gasteiger partial charge on any atom is -0.356 e. The van der Waals surface area contributed by atoms with Gasteiger partial charge in [-0.3, -0.25) is 9.69 Å². The summed E-state index contributed by atoms with van der Waals surface area (Å²) in [5, 5.41) is 2.86. The van der Waals surface area contributed by atoms with E-state index in [0.717, 1.165) is 6.42 Å². The van der Waals surface area contributed by atoms with Gasteiger partial charge in [0.1, 0.15) is 0 Å². The molecule has 1 aliphatic heterocycles. The number of amides is 1.